The number of hydrazone groups is 1. The summed E-state index contributed by atoms with van der Waals surface area (Å²) in [6.07, 6.45) is 1.38. The molecule has 0 aliphatic carbocycles. The second-order valence-corrected chi connectivity index (χ2v) is 8.11. The summed E-state index contributed by atoms with van der Waals surface area (Å²) in [5.41, 5.74) is 4.53. The van der Waals surface area contributed by atoms with Gasteiger partial charge in [-0.1, -0.05) is 40.9 Å². The molecule has 2 N–H and O–H groups in total. The first-order valence-corrected chi connectivity index (χ1v) is 11.0. The van der Waals surface area contributed by atoms with Crippen molar-refractivity contribution in [2.45, 2.75) is 6.92 Å². The quantitative estimate of drug-likeness (QED) is 0.201. The second-order valence-electron chi connectivity index (χ2n) is 7.27. The lowest BCUT2D eigenvalue weighted by Gasteiger charge is -2.10. The van der Waals surface area contributed by atoms with Gasteiger partial charge in [-0.05, 0) is 61.0 Å². The van der Waals surface area contributed by atoms with Gasteiger partial charge in [-0.15, -0.1) is 0 Å². The number of halogens is 2. The predicted molar refractivity (Wildman–Crippen MR) is 134 cm³/mol. The molecule has 0 aliphatic heterocycles. The lowest BCUT2D eigenvalue weighted by atomic mass is 10.1. The van der Waals surface area contributed by atoms with Crippen LogP contribution in [-0.2, 0) is 4.79 Å². The Labute approximate surface area is 211 Å². The van der Waals surface area contributed by atoms with Crippen molar-refractivity contribution in [2.24, 2.45) is 5.10 Å². The minimum Gasteiger partial charge on any atom is -0.493 e. The number of aryl methyl sites for hydroxylation is 1. The van der Waals surface area contributed by atoms with Gasteiger partial charge >= 0.3 is 5.97 Å². The zero-order chi connectivity index (χ0) is 25.4. The summed E-state index contributed by atoms with van der Waals surface area (Å²) < 4.78 is 10.7. The van der Waals surface area contributed by atoms with Crippen molar-refractivity contribution in [1.82, 2.24) is 10.7 Å². The first-order valence-electron chi connectivity index (χ1n) is 10.3. The van der Waals surface area contributed by atoms with E-state index in [-0.39, 0.29) is 34.5 Å². The highest BCUT2D eigenvalue weighted by atomic mass is 35.5. The third kappa shape index (κ3) is 7.30. The van der Waals surface area contributed by atoms with E-state index in [2.05, 4.69) is 15.8 Å². The van der Waals surface area contributed by atoms with E-state index >= 15 is 0 Å². The van der Waals surface area contributed by atoms with Crippen molar-refractivity contribution in [3.05, 3.63) is 93.0 Å². The molecule has 0 atom stereocenters. The fraction of sp³-hybridized carbons (Fsp3) is 0.120. The van der Waals surface area contributed by atoms with Crippen molar-refractivity contribution < 1.29 is 23.9 Å². The second kappa shape index (κ2) is 12.0. The lowest BCUT2D eigenvalue weighted by molar-refractivity contribution is -0.120. The van der Waals surface area contributed by atoms with Gasteiger partial charge in [0.2, 0.25) is 0 Å². The molecule has 0 unspecified atom stereocenters. The molecular weight excluding hydrogens is 493 g/mol. The van der Waals surface area contributed by atoms with Gasteiger partial charge in [0.05, 0.1) is 30.5 Å². The molecule has 0 bridgehead atoms. The zero-order valence-electron chi connectivity index (χ0n) is 18.8. The van der Waals surface area contributed by atoms with Gasteiger partial charge in [0.15, 0.2) is 11.5 Å². The van der Waals surface area contributed by atoms with Crippen LogP contribution < -0.4 is 20.2 Å². The normalized spacial score (nSPS) is 10.6. The Morgan fingerprint density at radius 1 is 0.971 bits per heavy atom. The van der Waals surface area contributed by atoms with Gasteiger partial charge in [0.1, 0.15) is 0 Å². The van der Waals surface area contributed by atoms with E-state index in [0.29, 0.717) is 16.1 Å². The molecule has 3 rings (SSSR count). The minimum absolute atomic E-state index is 0.154. The molecule has 10 heteroatoms. The number of nitrogens with one attached hydrogen (secondary N) is 2. The average molecular weight is 514 g/mol. The van der Waals surface area contributed by atoms with E-state index < -0.39 is 11.9 Å². The molecule has 0 fully saturated rings. The predicted octanol–water partition coefficient (Wildman–Crippen LogP) is 4.41. The highest BCUT2D eigenvalue weighted by Gasteiger charge is 2.16. The molecule has 0 heterocycles. The maximum Gasteiger partial charge on any atom is 0.345 e. The summed E-state index contributed by atoms with van der Waals surface area (Å²) in [4.78, 5) is 36.5. The number of rotatable bonds is 8. The van der Waals surface area contributed by atoms with Gasteiger partial charge in [-0.2, -0.15) is 5.10 Å². The van der Waals surface area contributed by atoms with Gasteiger partial charge in [0, 0.05) is 10.6 Å². The van der Waals surface area contributed by atoms with E-state index in [9.17, 15) is 14.4 Å². The molecule has 3 aromatic carbocycles. The number of methoxy groups -OCH3 is 1. The van der Waals surface area contributed by atoms with E-state index in [1.54, 1.807) is 24.3 Å². The van der Waals surface area contributed by atoms with Gasteiger partial charge in [-0.25, -0.2) is 10.2 Å². The smallest absolute Gasteiger partial charge is 0.345 e. The Hall–Kier alpha value is -3.88. The number of esters is 1. The summed E-state index contributed by atoms with van der Waals surface area (Å²) in [5, 5.41) is 6.95. The number of benzene rings is 3. The molecule has 0 saturated heterocycles. The zero-order valence-corrected chi connectivity index (χ0v) is 20.3. The summed E-state index contributed by atoms with van der Waals surface area (Å²) >= 11 is 11.9. The highest BCUT2D eigenvalue weighted by Crippen LogP contribution is 2.29. The van der Waals surface area contributed by atoms with Crippen LogP contribution in [0, 0.1) is 6.92 Å². The van der Waals surface area contributed by atoms with E-state index in [0.717, 1.165) is 5.56 Å². The Kier molecular flexibility index (Phi) is 8.83. The molecule has 180 valence electrons. The Bertz CT molecular complexity index is 1280. The number of amides is 2. The van der Waals surface area contributed by atoms with Crippen molar-refractivity contribution >= 4 is 47.2 Å². The molecule has 3 aromatic rings. The topological polar surface area (TPSA) is 106 Å². The van der Waals surface area contributed by atoms with Crippen LogP contribution in [0.4, 0.5) is 0 Å². The van der Waals surface area contributed by atoms with Crippen LogP contribution in [0.5, 0.6) is 11.5 Å². The number of ether oxygens (including phenoxy) is 2. The maximum atomic E-state index is 12.5. The summed E-state index contributed by atoms with van der Waals surface area (Å²) in [7, 11) is 1.42. The first-order chi connectivity index (χ1) is 16.8. The van der Waals surface area contributed by atoms with Crippen molar-refractivity contribution in [3.8, 4) is 11.5 Å². The van der Waals surface area contributed by atoms with Crippen LogP contribution in [0.25, 0.3) is 0 Å². The molecule has 0 saturated carbocycles. The molecule has 0 aliphatic rings. The molecule has 2 amide bonds. The summed E-state index contributed by atoms with van der Waals surface area (Å²) in [6, 6.07) is 16.1. The standard InChI is InChI=1S/C25H21Cl2N3O5/c1-15-3-6-17(7-4-15)24(32)28-14-23(31)30-29-13-16-5-10-21(22(11-16)34-2)35-25(33)19-9-8-18(26)12-20(19)27/h3-13H,14H2,1-2H3,(H,28,32)(H,30,31)/b29-13+. The van der Waals surface area contributed by atoms with E-state index in [4.69, 9.17) is 32.7 Å². The average Bonchev–Trinajstić information content (AvgIpc) is 2.83. The summed E-state index contributed by atoms with van der Waals surface area (Å²) in [6.45, 7) is 1.68. The fourth-order valence-corrected chi connectivity index (χ4v) is 3.33. The van der Waals surface area contributed by atoms with Crippen molar-refractivity contribution in [1.29, 1.82) is 0 Å². The summed E-state index contributed by atoms with van der Waals surface area (Å²) in [5.74, 6) is -1.10. The van der Waals surface area contributed by atoms with E-state index in [1.807, 2.05) is 19.1 Å². The number of hydrogen-bond donors (Lipinski definition) is 2. The number of nitrogens with zero attached hydrogens (tertiary/aromatic N) is 1. The molecule has 0 radical (unpaired) electrons. The third-order valence-corrected chi connectivity index (χ3v) is 5.22. The van der Waals surface area contributed by atoms with Gasteiger partial charge < -0.3 is 14.8 Å². The largest absolute Gasteiger partial charge is 0.493 e. The number of carbonyl (C=O) groups is 3. The van der Waals surface area contributed by atoms with Crippen LogP contribution >= 0.6 is 23.2 Å². The maximum absolute atomic E-state index is 12.5. The van der Waals surface area contributed by atoms with Crippen LogP contribution in [0.15, 0.2) is 65.8 Å². The SMILES string of the molecule is COc1cc(/C=N/NC(=O)CNC(=O)c2ccc(C)cc2)ccc1OC(=O)c1ccc(Cl)cc1Cl. The highest BCUT2D eigenvalue weighted by molar-refractivity contribution is 6.36. The third-order valence-electron chi connectivity index (χ3n) is 4.67. The lowest BCUT2D eigenvalue weighted by Crippen LogP contribution is -2.34. The Balaban J connectivity index is 1.55. The number of carbonyl (C=O) groups excluding carboxylic acids is 3. The molecule has 8 nitrogen and oxygen atoms in total. The van der Waals surface area contributed by atoms with E-state index in [1.165, 1.54) is 37.6 Å². The molecular formula is C25H21Cl2N3O5. The van der Waals surface area contributed by atoms with Crippen LogP contribution in [0.2, 0.25) is 10.0 Å². The number of hydrogen-bond acceptors (Lipinski definition) is 6. The fourth-order valence-electron chi connectivity index (χ4n) is 2.84. The van der Waals surface area contributed by atoms with Gasteiger partial charge in [0.25, 0.3) is 11.8 Å². The monoisotopic (exact) mass is 513 g/mol. The minimum atomic E-state index is -0.675. The van der Waals surface area contributed by atoms with Gasteiger partial charge in [-0.3, -0.25) is 9.59 Å². The molecule has 0 spiro atoms. The molecule has 35 heavy (non-hydrogen) atoms. The Morgan fingerprint density at radius 3 is 2.40 bits per heavy atom. The molecule has 0 aromatic heterocycles. The first kappa shape index (κ1) is 25.7. The van der Waals surface area contributed by atoms with Crippen molar-refractivity contribution in [2.75, 3.05) is 13.7 Å². The van der Waals surface area contributed by atoms with Crippen LogP contribution in [-0.4, -0.2) is 37.7 Å². The van der Waals surface area contributed by atoms with Crippen LogP contribution in [0.1, 0.15) is 31.8 Å². The van der Waals surface area contributed by atoms with Crippen LogP contribution in [0.3, 0.4) is 0 Å². The van der Waals surface area contributed by atoms with Crippen molar-refractivity contribution in [3.63, 3.8) is 0 Å². The Morgan fingerprint density at radius 2 is 1.71 bits per heavy atom.